The largest absolute Gasteiger partial charge is 0.497 e. The average Bonchev–Trinajstić information content (AvgIpc) is 2.76. The van der Waals surface area contributed by atoms with Crippen molar-refractivity contribution >= 4 is 0 Å². The molecule has 152 valence electrons. The van der Waals surface area contributed by atoms with Crippen molar-refractivity contribution in [2.45, 2.75) is 26.5 Å². The predicted octanol–water partition coefficient (Wildman–Crippen LogP) is 4.92. The molecule has 29 heavy (non-hydrogen) atoms. The van der Waals surface area contributed by atoms with Crippen LogP contribution in [0.4, 0.5) is 0 Å². The lowest BCUT2D eigenvalue weighted by Crippen LogP contribution is -2.17. The molecule has 3 rings (SSSR count). The molecule has 0 unspecified atom stereocenters. The van der Waals surface area contributed by atoms with Crippen LogP contribution in [-0.2, 0) is 19.6 Å². The minimum Gasteiger partial charge on any atom is -0.497 e. The number of rotatable bonds is 10. The van der Waals surface area contributed by atoms with E-state index in [1.165, 1.54) is 16.7 Å². The fourth-order valence-electron chi connectivity index (χ4n) is 3.19. The quantitative estimate of drug-likeness (QED) is 0.498. The first-order valence-electron chi connectivity index (χ1n) is 9.88. The Morgan fingerprint density at radius 1 is 0.793 bits per heavy atom. The highest BCUT2D eigenvalue weighted by Crippen LogP contribution is 2.32. The van der Waals surface area contributed by atoms with Crippen LogP contribution in [-0.4, -0.2) is 20.8 Å². The van der Waals surface area contributed by atoms with E-state index in [9.17, 15) is 0 Å². The lowest BCUT2D eigenvalue weighted by atomic mass is 10.1. The van der Waals surface area contributed by atoms with E-state index >= 15 is 0 Å². The molecular formula is C25H29NO3. The average molecular weight is 392 g/mol. The molecule has 0 bridgehead atoms. The lowest BCUT2D eigenvalue weighted by molar-refractivity contribution is 0.280. The monoisotopic (exact) mass is 391 g/mol. The molecule has 0 aliphatic rings. The topological polar surface area (TPSA) is 39.7 Å². The number of hydrogen-bond donors (Lipinski definition) is 1. The third-order valence-electron chi connectivity index (χ3n) is 4.98. The molecule has 0 aliphatic carbocycles. The molecule has 0 radical (unpaired) electrons. The van der Waals surface area contributed by atoms with Crippen LogP contribution in [0, 0.1) is 6.92 Å². The molecular weight excluding hydrogens is 362 g/mol. The number of para-hydroxylation sites is 1. The predicted molar refractivity (Wildman–Crippen MR) is 117 cm³/mol. The number of benzene rings is 3. The molecule has 0 saturated carbocycles. The maximum absolute atomic E-state index is 6.19. The summed E-state index contributed by atoms with van der Waals surface area (Å²) in [6.07, 6.45) is 0.952. The number of nitrogens with one attached hydrogen (secondary N) is 1. The second-order valence-electron chi connectivity index (χ2n) is 6.94. The molecule has 0 aromatic heterocycles. The van der Waals surface area contributed by atoms with Gasteiger partial charge in [-0.05, 0) is 54.8 Å². The molecule has 3 aromatic carbocycles. The number of ether oxygens (including phenoxy) is 3. The van der Waals surface area contributed by atoms with Crippen LogP contribution >= 0.6 is 0 Å². The van der Waals surface area contributed by atoms with E-state index in [4.69, 9.17) is 14.2 Å². The van der Waals surface area contributed by atoms with Crippen LogP contribution in [0.5, 0.6) is 17.2 Å². The van der Waals surface area contributed by atoms with Crippen molar-refractivity contribution < 1.29 is 14.2 Å². The van der Waals surface area contributed by atoms with Crippen molar-refractivity contribution in [2.75, 3.05) is 20.8 Å². The first kappa shape index (κ1) is 20.7. The maximum Gasteiger partial charge on any atom is 0.166 e. The molecule has 0 saturated heterocycles. The van der Waals surface area contributed by atoms with E-state index in [2.05, 4.69) is 42.6 Å². The smallest absolute Gasteiger partial charge is 0.166 e. The maximum atomic E-state index is 6.19. The highest BCUT2D eigenvalue weighted by atomic mass is 16.5. The van der Waals surface area contributed by atoms with Crippen LogP contribution in [0.25, 0.3) is 0 Å². The van der Waals surface area contributed by atoms with Gasteiger partial charge >= 0.3 is 0 Å². The van der Waals surface area contributed by atoms with Crippen LogP contribution in [0.2, 0.25) is 0 Å². The minimum atomic E-state index is 0.520. The van der Waals surface area contributed by atoms with Gasteiger partial charge in [-0.2, -0.15) is 0 Å². The Morgan fingerprint density at radius 2 is 1.55 bits per heavy atom. The Balaban J connectivity index is 1.60. The van der Waals surface area contributed by atoms with Crippen molar-refractivity contribution in [1.29, 1.82) is 0 Å². The Kier molecular flexibility index (Phi) is 7.54. The first-order chi connectivity index (χ1) is 14.2. The van der Waals surface area contributed by atoms with Gasteiger partial charge in [-0.3, -0.25) is 0 Å². The highest BCUT2D eigenvalue weighted by molar-refractivity contribution is 5.47. The van der Waals surface area contributed by atoms with Gasteiger partial charge in [0.2, 0.25) is 0 Å². The van der Waals surface area contributed by atoms with Crippen molar-refractivity contribution in [3.63, 3.8) is 0 Å². The van der Waals surface area contributed by atoms with E-state index < -0.39 is 0 Å². The molecule has 4 heteroatoms. The fourth-order valence-corrected chi connectivity index (χ4v) is 3.19. The molecule has 4 nitrogen and oxygen atoms in total. The van der Waals surface area contributed by atoms with Gasteiger partial charge in [0.1, 0.15) is 12.4 Å². The second kappa shape index (κ2) is 10.5. The van der Waals surface area contributed by atoms with E-state index in [0.29, 0.717) is 6.61 Å². The molecule has 0 aliphatic heterocycles. The van der Waals surface area contributed by atoms with Gasteiger partial charge in [0.05, 0.1) is 14.2 Å². The van der Waals surface area contributed by atoms with Crippen LogP contribution in [0.15, 0.2) is 66.7 Å². The van der Waals surface area contributed by atoms with Crippen molar-refractivity contribution in [3.05, 3.63) is 89.0 Å². The molecule has 1 N–H and O–H groups in total. The minimum absolute atomic E-state index is 0.520. The molecule has 0 atom stereocenters. The summed E-state index contributed by atoms with van der Waals surface area (Å²) in [5, 5.41) is 3.51. The Bertz CT molecular complexity index is 906. The summed E-state index contributed by atoms with van der Waals surface area (Å²) < 4.78 is 16.9. The van der Waals surface area contributed by atoms with Crippen LogP contribution < -0.4 is 19.5 Å². The third kappa shape index (κ3) is 5.75. The zero-order chi connectivity index (χ0) is 20.5. The van der Waals surface area contributed by atoms with E-state index in [1.807, 2.05) is 36.4 Å². The van der Waals surface area contributed by atoms with Gasteiger partial charge in [-0.15, -0.1) is 0 Å². The van der Waals surface area contributed by atoms with Crippen molar-refractivity contribution in [3.8, 4) is 17.2 Å². The third-order valence-corrected chi connectivity index (χ3v) is 4.98. The van der Waals surface area contributed by atoms with E-state index in [1.54, 1.807) is 14.2 Å². The van der Waals surface area contributed by atoms with E-state index in [0.717, 1.165) is 42.3 Å². The Morgan fingerprint density at radius 3 is 2.28 bits per heavy atom. The molecule has 0 amide bonds. The number of aryl methyl sites for hydroxylation is 1. The molecule has 0 fully saturated rings. The molecule has 0 heterocycles. The van der Waals surface area contributed by atoms with Crippen LogP contribution in [0.1, 0.15) is 22.3 Å². The Labute approximate surface area is 173 Å². The first-order valence-corrected chi connectivity index (χ1v) is 9.88. The van der Waals surface area contributed by atoms with Gasteiger partial charge in [0.15, 0.2) is 11.5 Å². The van der Waals surface area contributed by atoms with Crippen molar-refractivity contribution in [2.24, 2.45) is 0 Å². The zero-order valence-corrected chi connectivity index (χ0v) is 17.4. The summed E-state index contributed by atoms with van der Waals surface area (Å²) >= 11 is 0. The van der Waals surface area contributed by atoms with Gasteiger partial charge in [-0.25, -0.2) is 0 Å². The number of methoxy groups -OCH3 is 2. The Hall–Kier alpha value is -2.98. The summed E-state index contributed by atoms with van der Waals surface area (Å²) in [4.78, 5) is 0. The van der Waals surface area contributed by atoms with E-state index in [-0.39, 0.29) is 0 Å². The van der Waals surface area contributed by atoms with Crippen LogP contribution in [0.3, 0.4) is 0 Å². The van der Waals surface area contributed by atoms with Crippen molar-refractivity contribution in [1.82, 2.24) is 5.32 Å². The summed E-state index contributed by atoms with van der Waals surface area (Å²) in [6, 6.07) is 22.5. The normalized spacial score (nSPS) is 10.6. The summed E-state index contributed by atoms with van der Waals surface area (Å²) in [7, 11) is 3.36. The second-order valence-corrected chi connectivity index (χ2v) is 6.94. The summed E-state index contributed by atoms with van der Waals surface area (Å²) in [5.74, 6) is 2.44. The highest BCUT2D eigenvalue weighted by Gasteiger charge is 2.11. The van der Waals surface area contributed by atoms with Gasteiger partial charge in [0.25, 0.3) is 0 Å². The molecule has 3 aromatic rings. The summed E-state index contributed by atoms with van der Waals surface area (Å²) in [5.41, 5.74) is 4.77. The zero-order valence-electron chi connectivity index (χ0n) is 17.4. The standard InChI is InChI=1S/C25H29NO3/c1-19-7-4-5-8-22(19)18-29-25-21(9-6-10-24(25)28-3)17-26-16-15-20-11-13-23(27-2)14-12-20/h4-14,26H,15-18H2,1-3H3. The van der Waals surface area contributed by atoms with Gasteiger partial charge in [0, 0.05) is 12.1 Å². The fraction of sp³-hybridized carbons (Fsp3) is 0.280. The summed E-state index contributed by atoms with van der Waals surface area (Å²) in [6.45, 7) is 4.21. The van der Waals surface area contributed by atoms with Gasteiger partial charge in [-0.1, -0.05) is 48.5 Å². The molecule has 0 spiro atoms. The number of hydrogen-bond acceptors (Lipinski definition) is 4. The van der Waals surface area contributed by atoms with Gasteiger partial charge < -0.3 is 19.5 Å². The SMILES string of the molecule is COc1ccc(CCNCc2cccc(OC)c2OCc2ccccc2C)cc1. The lowest BCUT2D eigenvalue weighted by Gasteiger charge is -2.16.